The largest absolute Gasteiger partial charge is 0.341 e. The van der Waals surface area contributed by atoms with Gasteiger partial charge in [-0.1, -0.05) is 83.7 Å². The Labute approximate surface area is 268 Å². The van der Waals surface area contributed by atoms with Gasteiger partial charge < -0.3 is 5.32 Å². The third kappa shape index (κ3) is 8.12. The number of hydrogen-bond donors (Lipinski definition) is 1. The van der Waals surface area contributed by atoms with Crippen molar-refractivity contribution in [3.05, 3.63) is 75.7 Å². The maximum absolute atomic E-state index is 12.9. The lowest BCUT2D eigenvalue weighted by Gasteiger charge is -2.35. The van der Waals surface area contributed by atoms with Gasteiger partial charge in [0, 0.05) is 28.4 Å². The summed E-state index contributed by atoms with van der Waals surface area (Å²) in [5.74, 6) is 3.16. The number of ketones is 1. The van der Waals surface area contributed by atoms with E-state index < -0.39 is 6.04 Å². The Balaban J connectivity index is 1.15. The Bertz CT molecular complexity index is 1440. The SMILES string of the molecule is CCCC1CCC(C2CC=C(c3cnc(-c4ccc(C[C@H](NC(=O)c5ccc(C(C)(C)C)s5)C(C)=O)cc4)nc3)CC2)CC1. The molecule has 1 aromatic carbocycles. The molecule has 2 aromatic heterocycles. The quantitative estimate of drug-likeness (QED) is 0.248. The van der Waals surface area contributed by atoms with E-state index in [2.05, 4.69) is 39.1 Å². The standard InChI is InChI=1S/C38H49N3O2S/c1-6-7-26-8-12-28(13-9-26)29-16-18-30(19-17-29)32-23-39-36(40-24-32)31-14-10-27(11-15-31)22-33(25(2)42)41-37(43)34-20-21-35(44-34)38(3,4)5/h10-11,14-15,18,20-21,23-24,26,28-29,33H,6-9,12-13,16-17,19,22H2,1-5H3,(H,41,43)/t26?,28?,29?,33-/m0/s1. The lowest BCUT2D eigenvalue weighted by molar-refractivity contribution is -0.118. The van der Waals surface area contributed by atoms with Crippen LogP contribution in [-0.2, 0) is 16.6 Å². The van der Waals surface area contributed by atoms with Crippen LogP contribution in [0.3, 0.4) is 0 Å². The van der Waals surface area contributed by atoms with Crippen molar-refractivity contribution in [1.82, 2.24) is 15.3 Å². The molecule has 0 bridgehead atoms. The van der Waals surface area contributed by atoms with Gasteiger partial charge in [-0.3, -0.25) is 9.59 Å². The first-order valence-electron chi connectivity index (χ1n) is 16.6. The minimum absolute atomic E-state index is 0.0155. The van der Waals surface area contributed by atoms with Gasteiger partial charge in [0.15, 0.2) is 11.6 Å². The summed E-state index contributed by atoms with van der Waals surface area (Å²) >= 11 is 1.48. The summed E-state index contributed by atoms with van der Waals surface area (Å²) in [5.41, 5.74) is 4.42. The molecule has 6 heteroatoms. The Hall–Kier alpha value is -3.12. The van der Waals surface area contributed by atoms with E-state index in [4.69, 9.17) is 9.97 Å². The second-order valence-corrected chi connectivity index (χ2v) is 15.2. The third-order valence-corrected chi connectivity index (χ3v) is 11.3. The number of nitrogens with one attached hydrogen (secondary N) is 1. The molecule has 1 amide bonds. The number of nitrogens with zero attached hydrogens (tertiary/aromatic N) is 2. The Morgan fingerprint density at radius 2 is 1.64 bits per heavy atom. The molecule has 2 aliphatic rings. The first-order valence-corrected chi connectivity index (χ1v) is 17.4. The van der Waals surface area contributed by atoms with Crippen molar-refractivity contribution >= 4 is 28.6 Å². The number of allylic oxidation sites excluding steroid dienone is 2. The zero-order chi connectivity index (χ0) is 31.3. The van der Waals surface area contributed by atoms with Gasteiger partial charge in [0.25, 0.3) is 5.91 Å². The number of carbonyl (C=O) groups excluding carboxylic acids is 2. The predicted molar refractivity (Wildman–Crippen MR) is 182 cm³/mol. The highest BCUT2D eigenvalue weighted by Gasteiger charge is 2.29. The Kier molecular flexibility index (Phi) is 10.5. The summed E-state index contributed by atoms with van der Waals surface area (Å²) in [6.07, 6.45) is 18.9. The molecule has 3 aromatic rings. The molecule has 2 heterocycles. The van der Waals surface area contributed by atoms with E-state index in [1.54, 1.807) is 0 Å². The second kappa shape index (κ2) is 14.3. The summed E-state index contributed by atoms with van der Waals surface area (Å²) in [5, 5.41) is 2.95. The number of aromatic nitrogens is 2. The fraction of sp³-hybridized carbons (Fsp3) is 0.526. The maximum atomic E-state index is 12.9. The zero-order valence-electron chi connectivity index (χ0n) is 27.2. The first-order chi connectivity index (χ1) is 21.1. The molecule has 0 radical (unpaired) electrons. The van der Waals surface area contributed by atoms with E-state index in [9.17, 15) is 9.59 Å². The Morgan fingerprint density at radius 1 is 0.932 bits per heavy atom. The van der Waals surface area contributed by atoms with Crippen LogP contribution in [0, 0.1) is 17.8 Å². The van der Waals surface area contributed by atoms with Crippen molar-refractivity contribution in [2.75, 3.05) is 0 Å². The molecule has 0 saturated heterocycles. The summed E-state index contributed by atoms with van der Waals surface area (Å²) < 4.78 is 0. The topological polar surface area (TPSA) is 72.0 Å². The lowest BCUT2D eigenvalue weighted by Crippen LogP contribution is -2.41. The highest BCUT2D eigenvalue weighted by Crippen LogP contribution is 2.42. The molecule has 234 valence electrons. The van der Waals surface area contributed by atoms with Gasteiger partial charge in [-0.2, -0.15) is 0 Å². The summed E-state index contributed by atoms with van der Waals surface area (Å²) in [4.78, 5) is 36.5. The molecular weight excluding hydrogens is 563 g/mol. The highest BCUT2D eigenvalue weighted by molar-refractivity contribution is 7.14. The maximum Gasteiger partial charge on any atom is 0.261 e. The van der Waals surface area contributed by atoms with E-state index in [0.717, 1.165) is 45.7 Å². The average molecular weight is 612 g/mol. The highest BCUT2D eigenvalue weighted by atomic mass is 32.1. The van der Waals surface area contributed by atoms with Crippen LogP contribution in [0.25, 0.3) is 17.0 Å². The van der Waals surface area contributed by atoms with Crippen molar-refractivity contribution in [1.29, 1.82) is 0 Å². The molecule has 1 unspecified atom stereocenters. The number of amides is 1. The molecule has 44 heavy (non-hydrogen) atoms. The van der Waals surface area contributed by atoms with Gasteiger partial charge in [-0.15, -0.1) is 11.3 Å². The lowest BCUT2D eigenvalue weighted by atomic mass is 9.70. The van der Waals surface area contributed by atoms with Crippen LogP contribution in [0.1, 0.15) is 118 Å². The number of benzene rings is 1. The van der Waals surface area contributed by atoms with Gasteiger partial charge in [0.05, 0.1) is 10.9 Å². The number of carbonyl (C=O) groups is 2. The van der Waals surface area contributed by atoms with Gasteiger partial charge in [0.2, 0.25) is 0 Å². The molecule has 5 rings (SSSR count). The number of rotatable bonds is 10. The number of Topliss-reactive ketones (excluding diaryl/α,β-unsaturated/α-hetero) is 1. The molecular formula is C38H49N3O2S. The second-order valence-electron chi connectivity index (χ2n) is 14.1. The predicted octanol–water partition coefficient (Wildman–Crippen LogP) is 9.22. The van der Waals surface area contributed by atoms with Gasteiger partial charge in [0.1, 0.15) is 0 Å². The fourth-order valence-electron chi connectivity index (χ4n) is 6.96. The third-order valence-electron chi connectivity index (χ3n) is 9.75. The van der Waals surface area contributed by atoms with Gasteiger partial charge >= 0.3 is 0 Å². The van der Waals surface area contributed by atoms with Crippen LogP contribution in [0.5, 0.6) is 0 Å². The smallest absolute Gasteiger partial charge is 0.261 e. The zero-order valence-corrected chi connectivity index (χ0v) is 28.0. The van der Waals surface area contributed by atoms with E-state index >= 15 is 0 Å². The monoisotopic (exact) mass is 611 g/mol. The van der Waals surface area contributed by atoms with Crippen LogP contribution >= 0.6 is 11.3 Å². The average Bonchev–Trinajstić information content (AvgIpc) is 3.54. The van der Waals surface area contributed by atoms with E-state index in [0.29, 0.717) is 17.1 Å². The molecule has 1 saturated carbocycles. The minimum atomic E-state index is -0.580. The molecule has 2 atom stereocenters. The van der Waals surface area contributed by atoms with Crippen LogP contribution in [-0.4, -0.2) is 27.7 Å². The van der Waals surface area contributed by atoms with Crippen molar-refractivity contribution in [2.45, 2.75) is 110 Å². The van der Waals surface area contributed by atoms with Gasteiger partial charge in [-0.05, 0) is 91.9 Å². The van der Waals surface area contributed by atoms with Gasteiger partial charge in [-0.25, -0.2) is 9.97 Å². The number of thiophene rings is 1. The molecule has 2 aliphatic carbocycles. The fourth-order valence-corrected chi connectivity index (χ4v) is 7.93. The molecule has 5 nitrogen and oxygen atoms in total. The van der Waals surface area contributed by atoms with Crippen LogP contribution in [0.15, 0.2) is 54.9 Å². The van der Waals surface area contributed by atoms with E-state index in [1.807, 2.05) is 48.8 Å². The minimum Gasteiger partial charge on any atom is -0.341 e. The van der Waals surface area contributed by atoms with Crippen LogP contribution in [0.4, 0.5) is 0 Å². The molecule has 0 aliphatic heterocycles. The van der Waals surface area contributed by atoms with E-state index in [-0.39, 0.29) is 17.1 Å². The molecule has 1 fully saturated rings. The van der Waals surface area contributed by atoms with Crippen molar-refractivity contribution in [2.24, 2.45) is 17.8 Å². The Morgan fingerprint density at radius 3 is 2.20 bits per heavy atom. The molecule has 0 spiro atoms. The summed E-state index contributed by atoms with van der Waals surface area (Å²) in [6, 6.07) is 11.3. The summed E-state index contributed by atoms with van der Waals surface area (Å²) in [6.45, 7) is 10.2. The summed E-state index contributed by atoms with van der Waals surface area (Å²) in [7, 11) is 0. The first kappa shape index (κ1) is 32.3. The molecule has 1 N–H and O–H groups in total. The van der Waals surface area contributed by atoms with Crippen molar-refractivity contribution in [3.63, 3.8) is 0 Å². The number of hydrogen-bond acceptors (Lipinski definition) is 5. The van der Waals surface area contributed by atoms with Crippen molar-refractivity contribution in [3.8, 4) is 11.4 Å². The van der Waals surface area contributed by atoms with Crippen LogP contribution < -0.4 is 5.32 Å². The van der Waals surface area contributed by atoms with Crippen molar-refractivity contribution < 1.29 is 9.59 Å². The van der Waals surface area contributed by atoms with E-state index in [1.165, 1.54) is 75.2 Å². The normalized spacial score (nSPS) is 21.4. The van der Waals surface area contributed by atoms with Crippen LogP contribution in [0.2, 0.25) is 0 Å².